The van der Waals surface area contributed by atoms with Crippen molar-refractivity contribution in [3.8, 4) is 17.1 Å². The molecular formula is C18H17F3N6O. The number of aromatic nitrogens is 3. The number of fused-ring (bicyclic) bond motifs is 1. The molecule has 3 heterocycles. The second-order valence-corrected chi connectivity index (χ2v) is 6.50. The molecule has 3 aliphatic rings. The number of rotatable bonds is 4. The smallest absolute Gasteiger partial charge is 0.369 e. The molecule has 1 fully saturated rings. The van der Waals surface area contributed by atoms with Crippen molar-refractivity contribution >= 4 is 17.7 Å². The van der Waals surface area contributed by atoms with Gasteiger partial charge in [0, 0.05) is 24.8 Å². The van der Waals surface area contributed by atoms with Crippen LogP contribution in [-0.2, 0) is 0 Å². The van der Waals surface area contributed by atoms with Crippen LogP contribution in [0.2, 0.25) is 0 Å². The fourth-order valence-electron chi connectivity index (χ4n) is 3.05. The van der Waals surface area contributed by atoms with Gasteiger partial charge in [0.05, 0.1) is 11.3 Å². The van der Waals surface area contributed by atoms with Gasteiger partial charge >= 0.3 is 6.18 Å². The lowest BCUT2D eigenvalue weighted by molar-refractivity contribution is -0.115. The number of nitrogen functional groups attached to an aromatic ring is 1. The van der Waals surface area contributed by atoms with Gasteiger partial charge in [0.2, 0.25) is 5.95 Å². The number of halogens is 3. The molecule has 7 nitrogen and oxygen atoms in total. The number of likely N-dealkylation sites (tertiary alicyclic amines) is 1. The van der Waals surface area contributed by atoms with Gasteiger partial charge in [-0.05, 0) is 36.8 Å². The average Bonchev–Trinajstić information content (AvgIpc) is 3.07. The van der Waals surface area contributed by atoms with Gasteiger partial charge in [-0.3, -0.25) is 9.36 Å². The van der Waals surface area contributed by atoms with Crippen molar-refractivity contribution in [3.05, 3.63) is 42.1 Å². The SMILES string of the molecule is Nc1nc(NCC(F)(F)F)c2ccnc-2n1-c1ccc(C(=O)N2CCC2)cc1. The van der Waals surface area contributed by atoms with Crippen molar-refractivity contribution in [1.82, 2.24) is 19.4 Å². The Hall–Kier alpha value is -3.30. The highest BCUT2D eigenvalue weighted by molar-refractivity contribution is 5.94. The van der Waals surface area contributed by atoms with Crippen LogP contribution in [0, 0.1) is 0 Å². The lowest BCUT2D eigenvalue weighted by Gasteiger charge is -2.31. The molecular weight excluding hydrogens is 373 g/mol. The predicted octanol–water partition coefficient (Wildman–Crippen LogP) is 2.77. The molecule has 146 valence electrons. The standard InChI is InChI=1S/C18H17F3N6O/c19-18(20,21)10-24-14-13-6-7-23-15(13)27(17(22)25-14)12-4-2-11(3-5-12)16(28)26-8-1-9-26/h2-7,24H,1,8-10H2,(H2,22,25). The zero-order valence-corrected chi connectivity index (χ0v) is 14.7. The van der Waals surface area contributed by atoms with Crippen LogP contribution in [0.4, 0.5) is 24.9 Å². The number of amides is 1. The minimum atomic E-state index is -4.38. The number of alkyl halides is 3. The Morgan fingerprint density at radius 2 is 1.89 bits per heavy atom. The van der Waals surface area contributed by atoms with E-state index in [0.29, 0.717) is 22.6 Å². The summed E-state index contributed by atoms with van der Waals surface area (Å²) in [5.74, 6) is 0.344. The number of benzene rings is 1. The molecule has 0 radical (unpaired) electrons. The maximum absolute atomic E-state index is 12.5. The maximum Gasteiger partial charge on any atom is 0.405 e. The van der Waals surface area contributed by atoms with E-state index >= 15 is 0 Å². The van der Waals surface area contributed by atoms with E-state index in [1.165, 1.54) is 10.8 Å². The summed E-state index contributed by atoms with van der Waals surface area (Å²) >= 11 is 0. The second kappa shape index (κ2) is 6.70. The van der Waals surface area contributed by atoms with Gasteiger partial charge in [0.25, 0.3) is 5.91 Å². The average molecular weight is 390 g/mol. The van der Waals surface area contributed by atoms with Crippen LogP contribution in [0.25, 0.3) is 17.1 Å². The van der Waals surface area contributed by atoms with E-state index in [0.717, 1.165) is 19.5 Å². The van der Waals surface area contributed by atoms with Gasteiger partial charge in [0.15, 0.2) is 5.82 Å². The fourth-order valence-corrected chi connectivity index (χ4v) is 3.05. The quantitative estimate of drug-likeness (QED) is 0.715. The van der Waals surface area contributed by atoms with Gasteiger partial charge in [0.1, 0.15) is 12.4 Å². The Bertz CT molecular complexity index is 978. The number of anilines is 2. The number of nitrogens with zero attached hydrogens (tertiary/aromatic N) is 4. The largest absolute Gasteiger partial charge is 0.405 e. The summed E-state index contributed by atoms with van der Waals surface area (Å²) in [7, 11) is 0. The third-order valence-electron chi connectivity index (χ3n) is 4.57. The molecule has 28 heavy (non-hydrogen) atoms. The first-order valence-corrected chi connectivity index (χ1v) is 8.67. The van der Waals surface area contributed by atoms with E-state index in [1.807, 2.05) is 0 Å². The summed E-state index contributed by atoms with van der Waals surface area (Å²) in [6.45, 7) is 0.296. The van der Waals surface area contributed by atoms with Gasteiger partial charge in [-0.2, -0.15) is 18.2 Å². The first-order chi connectivity index (χ1) is 13.3. The molecule has 0 bridgehead atoms. The van der Waals surface area contributed by atoms with Crippen LogP contribution in [0.15, 0.2) is 36.5 Å². The summed E-state index contributed by atoms with van der Waals surface area (Å²) in [6.07, 6.45) is -1.90. The Kier molecular flexibility index (Phi) is 4.33. The Morgan fingerprint density at radius 3 is 2.50 bits per heavy atom. The van der Waals surface area contributed by atoms with Gasteiger partial charge < -0.3 is 16.0 Å². The predicted molar refractivity (Wildman–Crippen MR) is 97.5 cm³/mol. The molecule has 3 aliphatic heterocycles. The summed E-state index contributed by atoms with van der Waals surface area (Å²) in [5.41, 5.74) is 7.59. The molecule has 1 aromatic rings. The zero-order valence-electron chi connectivity index (χ0n) is 14.7. The van der Waals surface area contributed by atoms with Crippen LogP contribution in [0.1, 0.15) is 16.8 Å². The van der Waals surface area contributed by atoms with Crippen molar-refractivity contribution < 1.29 is 18.0 Å². The van der Waals surface area contributed by atoms with E-state index in [9.17, 15) is 18.0 Å². The van der Waals surface area contributed by atoms with E-state index in [1.54, 1.807) is 35.2 Å². The number of nitrogens with one attached hydrogen (secondary N) is 1. The zero-order chi connectivity index (χ0) is 19.9. The van der Waals surface area contributed by atoms with Crippen LogP contribution in [0.3, 0.4) is 0 Å². The molecule has 0 saturated carbocycles. The summed E-state index contributed by atoms with van der Waals surface area (Å²) < 4.78 is 39.1. The van der Waals surface area contributed by atoms with Crippen molar-refractivity contribution in [1.29, 1.82) is 0 Å². The molecule has 0 aromatic heterocycles. The minimum Gasteiger partial charge on any atom is -0.369 e. The van der Waals surface area contributed by atoms with Crippen molar-refractivity contribution in [3.63, 3.8) is 0 Å². The van der Waals surface area contributed by atoms with Crippen LogP contribution in [-0.4, -0.2) is 51.2 Å². The van der Waals surface area contributed by atoms with Crippen molar-refractivity contribution in [2.24, 2.45) is 0 Å². The molecule has 1 saturated heterocycles. The molecule has 1 amide bonds. The van der Waals surface area contributed by atoms with Gasteiger partial charge in [-0.15, -0.1) is 0 Å². The highest BCUT2D eigenvalue weighted by Gasteiger charge is 2.29. The first-order valence-electron chi connectivity index (χ1n) is 8.67. The van der Waals surface area contributed by atoms with Crippen molar-refractivity contribution in [2.75, 3.05) is 30.7 Å². The van der Waals surface area contributed by atoms with Gasteiger partial charge in [-0.1, -0.05) is 0 Å². The molecule has 3 N–H and O–H groups in total. The molecule has 0 spiro atoms. The Morgan fingerprint density at radius 1 is 1.18 bits per heavy atom. The lowest BCUT2D eigenvalue weighted by Crippen LogP contribution is -2.41. The topological polar surface area (TPSA) is 89.1 Å². The Labute approximate surface area is 158 Å². The molecule has 4 rings (SSSR count). The summed E-state index contributed by atoms with van der Waals surface area (Å²) in [5, 5.41) is 2.26. The molecule has 0 atom stereocenters. The first kappa shape index (κ1) is 18.1. The van der Waals surface area contributed by atoms with E-state index in [2.05, 4.69) is 15.3 Å². The normalized spacial score (nSPS) is 14.2. The lowest BCUT2D eigenvalue weighted by atomic mass is 10.1. The summed E-state index contributed by atoms with van der Waals surface area (Å²) in [6, 6.07) is 8.36. The van der Waals surface area contributed by atoms with Crippen LogP contribution in [0.5, 0.6) is 0 Å². The van der Waals surface area contributed by atoms with Crippen LogP contribution < -0.4 is 11.1 Å². The number of carbonyl (C=O) groups is 1. The number of hydrogen-bond donors (Lipinski definition) is 2. The number of nitrogens with two attached hydrogens (primary N) is 1. The third kappa shape index (κ3) is 3.32. The Balaban J connectivity index is 1.66. The maximum atomic E-state index is 12.5. The highest BCUT2D eigenvalue weighted by Crippen LogP contribution is 2.32. The van der Waals surface area contributed by atoms with Crippen LogP contribution >= 0.6 is 0 Å². The van der Waals surface area contributed by atoms with Crippen molar-refractivity contribution in [2.45, 2.75) is 12.6 Å². The monoisotopic (exact) mass is 390 g/mol. The number of hydrogen-bond acceptors (Lipinski definition) is 5. The third-order valence-corrected chi connectivity index (χ3v) is 4.57. The van der Waals surface area contributed by atoms with Gasteiger partial charge in [-0.25, -0.2) is 4.98 Å². The second-order valence-electron chi connectivity index (χ2n) is 6.50. The minimum absolute atomic E-state index is 0.0160. The van der Waals surface area contributed by atoms with E-state index in [4.69, 9.17) is 5.73 Å². The fraction of sp³-hybridized carbons (Fsp3) is 0.278. The highest BCUT2D eigenvalue weighted by atomic mass is 19.4. The molecule has 0 unspecified atom stereocenters. The number of carbonyl (C=O) groups excluding carboxylic acids is 1. The molecule has 0 aliphatic carbocycles. The molecule has 1 aromatic carbocycles. The summed E-state index contributed by atoms with van der Waals surface area (Å²) in [4.78, 5) is 22.3. The van der Waals surface area contributed by atoms with E-state index in [-0.39, 0.29) is 17.7 Å². The molecule has 10 heteroatoms. The van der Waals surface area contributed by atoms with E-state index < -0.39 is 12.7 Å².